The van der Waals surface area contributed by atoms with Crippen LogP contribution in [0.3, 0.4) is 0 Å². The fourth-order valence-corrected chi connectivity index (χ4v) is 3.24. The fourth-order valence-electron chi connectivity index (χ4n) is 2.58. The van der Waals surface area contributed by atoms with Crippen LogP contribution in [-0.4, -0.2) is 35.5 Å². The number of urea groups is 1. The summed E-state index contributed by atoms with van der Waals surface area (Å²) in [5.74, 6) is -0.0693. The van der Waals surface area contributed by atoms with Crippen molar-refractivity contribution in [3.63, 3.8) is 0 Å². The molecule has 5 nitrogen and oxygen atoms in total. The Hall–Kier alpha value is -1.40. The zero-order valence-electron chi connectivity index (χ0n) is 9.94. The van der Waals surface area contributed by atoms with Crippen molar-refractivity contribution in [3.8, 4) is 0 Å². The molecule has 0 bridgehead atoms. The molecule has 3 amide bonds. The molecule has 0 unspecified atom stereocenters. The van der Waals surface area contributed by atoms with E-state index >= 15 is 0 Å². The molecule has 2 aliphatic heterocycles. The number of rotatable bonds is 2. The standard InChI is InChI=1S/C12H15N3O2S/c16-10-12(2-4-13-5-3-12)14-11(17)15(10)7-9-1-6-18-8-9/h1,6,8,13H,2-5,7H2,(H,14,17). The number of carbonyl (C=O) groups is 2. The van der Waals surface area contributed by atoms with Crippen molar-refractivity contribution in [1.82, 2.24) is 15.5 Å². The molecule has 1 aromatic rings. The Balaban J connectivity index is 1.80. The highest BCUT2D eigenvalue weighted by Crippen LogP contribution is 2.28. The van der Waals surface area contributed by atoms with E-state index in [0.29, 0.717) is 19.4 Å². The van der Waals surface area contributed by atoms with Crippen LogP contribution in [0.4, 0.5) is 4.79 Å². The van der Waals surface area contributed by atoms with Gasteiger partial charge in [0.15, 0.2) is 0 Å². The maximum absolute atomic E-state index is 12.4. The number of carbonyl (C=O) groups excluding carboxylic acids is 2. The molecule has 2 N–H and O–H groups in total. The molecule has 1 aromatic heterocycles. The predicted molar refractivity (Wildman–Crippen MR) is 68.2 cm³/mol. The van der Waals surface area contributed by atoms with Gasteiger partial charge in [-0.1, -0.05) is 0 Å². The van der Waals surface area contributed by atoms with E-state index in [1.165, 1.54) is 4.90 Å². The maximum Gasteiger partial charge on any atom is 0.325 e. The summed E-state index contributed by atoms with van der Waals surface area (Å²) in [7, 11) is 0. The molecule has 0 aromatic carbocycles. The van der Waals surface area contributed by atoms with Gasteiger partial charge in [0, 0.05) is 0 Å². The molecule has 6 heteroatoms. The van der Waals surface area contributed by atoms with Crippen molar-refractivity contribution in [2.75, 3.05) is 13.1 Å². The van der Waals surface area contributed by atoms with Crippen molar-refractivity contribution in [2.24, 2.45) is 0 Å². The highest BCUT2D eigenvalue weighted by molar-refractivity contribution is 7.07. The van der Waals surface area contributed by atoms with Crippen LogP contribution in [0.15, 0.2) is 16.8 Å². The van der Waals surface area contributed by atoms with Gasteiger partial charge in [-0.05, 0) is 48.3 Å². The van der Waals surface area contributed by atoms with Gasteiger partial charge >= 0.3 is 6.03 Å². The molecular formula is C12H15N3O2S. The summed E-state index contributed by atoms with van der Waals surface area (Å²) < 4.78 is 0. The van der Waals surface area contributed by atoms with E-state index in [-0.39, 0.29) is 11.9 Å². The Labute approximate surface area is 109 Å². The molecule has 0 radical (unpaired) electrons. The van der Waals surface area contributed by atoms with Gasteiger partial charge in [-0.15, -0.1) is 0 Å². The molecule has 0 aliphatic carbocycles. The third-order valence-corrected chi connectivity index (χ3v) is 4.36. The molecule has 0 atom stereocenters. The molecule has 3 rings (SSSR count). The van der Waals surface area contributed by atoms with Crippen LogP contribution in [0.1, 0.15) is 18.4 Å². The Kier molecular flexibility index (Phi) is 2.83. The van der Waals surface area contributed by atoms with Crippen LogP contribution in [0.2, 0.25) is 0 Å². The normalized spacial score (nSPS) is 22.6. The lowest BCUT2D eigenvalue weighted by molar-refractivity contribution is -0.132. The van der Waals surface area contributed by atoms with Crippen molar-refractivity contribution < 1.29 is 9.59 Å². The molecule has 3 heterocycles. The minimum Gasteiger partial charge on any atom is -0.323 e. The number of amides is 3. The number of imide groups is 1. The first-order valence-electron chi connectivity index (χ1n) is 6.07. The van der Waals surface area contributed by atoms with E-state index in [1.54, 1.807) is 11.3 Å². The monoisotopic (exact) mass is 265 g/mol. The average Bonchev–Trinajstić information content (AvgIpc) is 2.95. The van der Waals surface area contributed by atoms with Gasteiger partial charge in [0.1, 0.15) is 5.54 Å². The van der Waals surface area contributed by atoms with E-state index in [2.05, 4.69) is 10.6 Å². The van der Waals surface area contributed by atoms with Crippen LogP contribution < -0.4 is 10.6 Å². The lowest BCUT2D eigenvalue weighted by Gasteiger charge is -2.31. The number of nitrogens with one attached hydrogen (secondary N) is 2. The van der Waals surface area contributed by atoms with Crippen LogP contribution in [0.25, 0.3) is 0 Å². The second-order valence-electron chi connectivity index (χ2n) is 4.79. The van der Waals surface area contributed by atoms with Gasteiger partial charge in [0.25, 0.3) is 5.91 Å². The number of nitrogens with zero attached hydrogens (tertiary/aromatic N) is 1. The number of hydrogen-bond donors (Lipinski definition) is 2. The Bertz CT molecular complexity index is 466. The molecule has 1 spiro atoms. The van der Waals surface area contributed by atoms with Crippen molar-refractivity contribution >= 4 is 23.3 Å². The lowest BCUT2D eigenvalue weighted by Crippen LogP contribution is -2.53. The first-order chi connectivity index (χ1) is 8.71. The van der Waals surface area contributed by atoms with Crippen molar-refractivity contribution in [1.29, 1.82) is 0 Å². The molecule has 2 saturated heterocycles. The summed E-state index contributed by atoms with van der Waals surface area (Å²) in [6.07, 6.45) is 1.36. The summed E-state index contributed by atoms with van der Waals surface area (Å²) in [6, 6.07) is 1.69. The van der Waals surface area contributed by atoms with Crippen LogP contribution in [0.5, 0.6) is 0 Å². The van der Waals surface area contributed by atoms with Crippen molar-refractivity contribution in [3.05, 3.63) is 22.4 Å². The zero-order chi connectivity index (χ0) is 12.6. The van der Waals surface area contributed by atoms with Gasteiger partial charge < -0.3 is 10.6 Å². The van der Waals surface area contributed by atoms with Gasteiger partial charge in [-0.25, -0.2) is 4.79 Å². The first kappa shape index (κ1) is 11.7. The maximum atomic E-state index is 12.4. The molecular weight excluding hydrogens is 250 g/mol. The highest BCUT2D eigenvalue weighted by Gasteiger charge is 2.51. The largest absolute Gasteiger partial charge is 0.325 e. The Morgan fingerprint density at radius 3 is 2.78 bits per heavy atom. The van der Waals surface area contributed by atoms with E-state index in [1.807, 2.05) is 16.8 Å². The lowest BCUT2D eigenvalue weighted by atomic mass is 9.88. The predicted octanol–water partition coefficient (Wildman–Crippen LogP) is 0.922. The molecule has 18 heavy (non-hydrogen) atoms. The summed E-state index contributed by atoms with van der Waals surface area (Å²) in [6.45, 7) is 1.93. The number of thiophene rings is 1. The average molecular weight is 265 g/mol. The second kappa shape index (κ2) is 4.37. The van der Waals surface area contributed by atoms with Gasteiger partial charge in [-0.2, -0.15) is 11.3 Å². The Morgan fingerprint density at radius 1 is 1.33 bits per heavy atom. The quantitative estimate of drug-likeness (QED) is 0.782. The minimum absolute atomic E-state index is 0.0693. The second-order valence-corrected chi connectivity index (χ2v) is 5.57. The summed E-state index contributed by atoms with van der Waals surface area (Å²) in [5.41, 5.74) is 0.354. The first-order valence-corrected chi connectivity index (χ1v) is 7.01. The molecule has 2 aliphatic rings. The smallest absolute Gasteiger partial charge is 0.323 e. The van der Waals surface area contributed by atoms with E-state index in [9.17, 15) is 9.59 Å². The summed E-state index contributed by atoms with van der Waals surface area (Å²) in [5, 5.41) is 10.0. The van der Waals surface area contributed by atoms with Gasteiger partial charge in [0.05, 0.1) is 6.54 Å². The molecule has 96 valence electrons. The summed E-state index contributed by atoms with van der Waals surface area (Å²) in [4.78, 5) is 25.7. The number of hydrogen-bond acceptors (Lipinski definition) is 4. The SMILES string of the molecule is O=C1NC2(CCNCC2)C(=O)N1Cc1ccsc1. The van der Waals surface area contributed by atoms with Crippen LogP contribution in [0, 0.1) is 0 Å². The van der Waals surface area contributed by atoms with E-state index < -0.39 is 5.54 Å². The van der Waals surface area contributed by atoms with E-state index in [0.717, 1.165) is 18.7 Å². The van der Waals surface area contributed by atoms with Crippen molar-refractivity contribution in [2.45, 2.75) is 24.9 Å². The minimum atomic E-state index is -0.654. The van der Waals surface area contributed by atoms with Gasteiger partial charge in [-0.3, -0.25) is 9.69 Å². The molecule has 0 saturated carbocycles. The molecule has 2 fully saturated rings. The van der Waals surface area contributed by atoms with E-state index in [4.69, 9.17) is 0 Å². The zero-order valence-corrected chi connectivity index (χ0v) is 10.8. The fraction of sp³-hybridized carbons (Fsp3) is 0.500. The topological polar surface area (TPSA) is 61.4 Å². The summed E-state index contributed by atoms with van der Waals surface area (Å²) >= 11 is 1.57. The number of piperidine rings is 1. The van der Waals surface area contributed by atoms with Crippen LogP contribution in [-0.2, 0) is 11.3 Å². The van der Waals surface area contributed by atoms with Gasteiger partial charge in [0.2, 0.25) is 0 Å². The third kappa shape index (κ3) is 1.81. The highest BCUT2D eigenvalue weighted by atomic mass is 32.1. The van der Waals surface area contributed by atoms with Crippen LogP contribution >= 0.6 is 11.3 Å². The third-order valence-electron chi connectivity index (χ3n) is 3.62. The Morgan fingerprint density at radius 2 is 2.11 bits per heavy atom.